The summed E-state index contributed by atoms with van der Waals surface area (Å²) in [5.41, 5.74) is 0. The van der Waals surface area contributed by atoms with E-state index in [0.29, 0.717) is 18.9 Å². The predicted octanol–water partition coefficient (Wildman–Crippen LogP) is -0.609. The monoisotopic (exact) mass is 263 g/mol. The topological polar surface area (TPSA) is 94.3 Å². The first-order valence-electron chi connectivity index (χ1n) is 5.10. The summed E-state index contributed by atoms with van der Waals surface area (Å²) in [5, 5.41) is 6.65. The normalized spacial score (nSPS) is 13.8. The van der Waals surface area contributed by atoms with Gasteiger partial charge < -0.3 is 14.6 Å². The molecule has 0 aliphatic rings. The molecule has 7 nitrogen and oxygen atoms in total. The molecule has 1 unspecified atom stereocenters. The lowest BCUT2D eigenvalue weighted by molar-refractivity contribution is 0.165. The highest BCUT2D eigenvalue weighted by Gasteiger charge is 2.15. The van der Waals surface area contributed by atoms with E-state index in [-0.39, 0.29) is 17.6 Å². The number of ether oxygens (including phenoxy) is 1. The third kappa shape index (κ3) is 5.24. The van der Waals surface area contributed by atoms with Crippen LogP contribution >= 0.6 is 0 Å². The van der Waals surface area contributed by atoms with Gasteiger partial charge in [0.05, 0.1) is 6.61 Å². The fourth-order valence-corrected chi connectivity index (χ4v) is 1.91. The van der Waals surface area contributed by atoms with E-state index in [2.05, 4.69) is 15.5 Å². The van der Waals surface area contributed by atoms with E-state index < -0.39 is 9.84 Å². The molecule has 1 aromatic heterocycles. The number of nitrogens with zero attached hydrogens (tertiary/aromatic N) is 2. The molecule has 0 aliphatic heterocycles. The van der Waals surface area contributed by atoms with Crippen LogP contribution in [0.5, 0.6) is 0 Å². The van der Waals surface area contributed by atoms with E-state index in [4.69, 9.17) is 9.26 Å². The Kier molecular flexibility index (Phi) is 5.03. The summed E-state index contributed by atoms with van der Waals surface area (Å²) in [5.74, 6) is 0.389. The van der Waals surface area contributed by atoms with Gasteiger partial charge in [0.2, 0.25) is 5.89 Å². The summed E-state index contributed by atoms with van der Waals surface area (Å²) in [4.78, 5) is 4.01. The van der Waals surface area contributed by atoms with Crippen molar-refractivity contribution in [2.45, 2.75) is 18.2 Å². The largest absolute Gasteiger partial charge is 0.383 e. The van der Waals surface area contributed by atoms with Gasteiger partial charge in [-0.2, -0.15) is 4.98 Å². The highest BCUT2D eigenvalue weighted by atomic mass is 32.2. The van der Waals surface area contributed by atoms with Gasteiger partial charge in [-0.25, -0.2) is 8.42 Å². The molecule has 0 saturated carbocycles. The molecule has 8 heteroatoms. The molecule has 0 saturated heterocycles. The van der Waals surface area contributed by atoms with E-state index in [9.17, 15) is 8.42 Å². The Labute approximate surface area is 100 Å². The number of sulfone groups is 1. The van der Waals surface area contributed by atoms with Crippen molar-refractivity contribution in [1.29, 1.82) is 0 Å². The molecule has 98 valence electrons. The van der Waals surface area contributed by atoms with Crippen LogP contribution in [0.2, 0.25) is 0 Å². The summed E-state index contributed by atoms with van der Waals surface area (Å²) in [6.45, 7) is 0.514. The number of aromatic nitrogens is 2. The standard InChI is InChI=1S/C9H17N3O4S/c1-10-7(5-15-2)4-9-11-8(12-16-9)6-17(3,13)14/h7,10H,4-6H2,1-3H3. The van der Waals surface area contributed by atoms with Crippen molar-refractivity contribution in [2.75, 3.05) is 27.0 Å². The van der Waals surface area contributed by atoms with Gasteiger partial charge in [0, 0.05) is 25.8 Å². The molecule has 0 fully saturated rings. The minimum atomic E-state index is -3.13. The van der Waals surface area contributed by atoms with Gasteiger partial charge in [0.25, 0.3) is 0 Å². The van der Waals surface area contributed by atoms with Crippen LogP contribution in [-0.4, -0.2) is 51.6 Å². The fourth-order valence-electron chi connectivity index (χ4n) is 1.32. The smallest absolute Gasteiger partial charge is 0.228 e. The van der Waals surface area contributed by atoms with Gasteiger partial charge in [-0.05, 0) is 7.05 Å². The van der Waals surface area contributed by atoms with Crippen LogP contribution in [0, 0.1) is 0 Å². The molecule has 1 N–H and O–H groups in total. The SMILES string of the molecule is CNC(COC)Cc1nc(CS(C)(=O)=O)no1. The van der Waals surface area contributed by atoms with Crippen LogP contribution in [0.3, 0.4) is 0 Å². The van der Waals surface area contributed by atoms with E-state index in [1.165, 1.54) is 0 Å². The number of nitrogens with one attached hydrogen (secondary N) is 1. The molecule has 1 atom stereocenters. The van der Waals surface area contributed by atoms with Gasteiger partial charge >= 0.3 is 0 Å². The highest BCUT2D eigenvalue weighted by molar-refractivity contribution is 7.89. The highest BCUT2D eigenvalue weighted by Crippen LogP contribution is 2.04. The summed E-state index contributed by atoms with van der Waals surface area (Å²) < 4.78 is 32.0. The van der Waals surface area contributed by atoms with E-state index in [0.717, 1.165) is 6.26 Å². The van der Waals surface area contributed by atoms with Crippen molar-refractivity contribution in [3.8, 4) is 0 Å². The molecule has 1 aromatic rings. The Bertz CT molecular complexity index is 443. The third-order valence-electron chi connectivity index (χ3n) is 2.10. The Morgan fingerprint density at radius 3 is 2.76 bits per heavy atom. The van der Waals surface area contributed by atoms with Crippen LogP contribution < -0.4 is 5.32 Å². The summed E-state index contributed by atoms with van der Waals surface area (Å²) in [6.07, 6.45) is 1.63. The predicted molar refractivity (Wildman–Crippen MR) is 61.3 cm³/mol. The lowest BCUT2D eigenvalue weighted by Crippen LogP contribution is -2.32. The molecule has 17 heavy (non-hydrogen) atoms. The lowest BCUT2D eigenvalue weighted by atomic mass is 10.2. The van der Waals surface area contributed by atoms with Crippen molar-refractivity contribution in [2.24, 2.45) is 0 Å². The van der Waals surface area contributed by atoms with Gasteiger partial charge in [-0.15, -0.1) is 0 Å². The van der Waals surface area contributed by atoms with E-state index >= 15 is 0 Å². The lowest BCUT2D eigenvalue weighted by Gasteiger charge is -2.11. The van der Waals surface area contributed by atoms with Crippen molar-refractivity contribution >= 4 is 9.84 Å². The van der Waals surface area contributed by atoms with Crippen molar-refractivity contribution in [1.82, 2.24) is 15.5 Å². The van der Waals surface area contributed by atoms with Crippen LogP contribution in [-0.2, 0) is 26.7 Å². The molecule has 0 bridgehead atoms. The summed E-state index contributed by atoms with van der Waals surface area (Å²) in [6, 6.07) is 0.0616. The van der Waals surface area contributed by atoms with Crippen molar-refractivity contribution in [3.05, 3.63) is 11.7 Å². The minimum absolute atomic E-state index is 0.0616. The molecule has 0 aromatic carbocycles. The first-order valence-corrected chi connectivity index (χ1v) is 7.16. The second-order valence-corrected chi connectivity index (χ2v) is 5.96. The molecule has 0 amide bonds. The van der Waals surface area contributed by atoms with Crippen LogP contribution in [0.4, 0.5) is 0 Å². The number of likely N-dealkylation sites (N-methyl/N-ethyl adjacent to an activating group) is 1. The van der Waals surface area contributed by atoms with E-state index in [1.807, 2.05) is 0 Å². The first-order chi connectivity index (χ1) is 7.94. The third-order valence-corrected chi connectivity index (χ3v) is 2.88. The molecule has 0 radical (unpaired) electrons. The van der Waals surface area contributed by atoms with Crippen molar-refractivity contribution in [3.63, 3.8) is 0 Å². The number of methoxy groups -OCH3 is 1. The van der Waals surface area contributed by atoms with Gasteiger partial charge in [-0.3, -0.25) is 0 Å². The Morgan fingerprint density at radius 2 is 2.24 bits per heavy atom. The number of rotatable bonds is 7. The van der Waals surface area contributed by atoms with Gasteiger partial charge in [0.1, 0.15) is 5.75 Å². The quantitative estimate of drug-likeness (QED) is 0.701. The molecular weight excluding hydrogens is 246 g/mol. The maximum atomic E-state index is 11.0. The zero-order chi connectivity index (χ0) is 12.9. The average Bonchev–Trinajstić information content (AvgIpc) is 2.62. The zero-order valence-electron chi connectivity index (χ0n) is 10.1. The van der Waals surface area contributed by atoms with E-state index in [1.54, 1.807) is 14.2 Å². The van der Waals surface area contributed by atoms with Gasteiger partial charge in [0.15, 0.2) is 15.7 Å². The summed E-state index contributed by atoms with van der Waals surface area (Å²) >= 11 is 0. The Hall–Kier alpha value is -0.990. The average molecular weight is 263 g/mol. The first kappa shape index (κ1) is 14.1. The van der Waals surface area contributed by atoms with Gasteiger partial charge in [-0.1, -0.05) is 5.16 Å². The maximum absolute atomic E-state index is 11.0. The zero-order valence-corrected chi connectivity index (χ0v) is 11.0. The maximum Gasteiger partial charge on any atom is 0.228 e. The second-order valence-electron chi connectivity index (χ2n) is 3.82. The molecule has 1 heterocycles. The minimum Gasteiger partial charge on any atom is -0.383 e. The molecule has 0 aliphatic carbocycles. The second kappa shape index (κ2) is 6.08. The number of hydrogen-bond acceptors (Lipinski definition) is 7. The summed E-state index contributed by atoms with van der Waals surface area (Å²) in [7, 11) is 0.274. The molecule has 1 rings (SSSR count). The van der Waals surface area contributed by atoms with Crippen molar-refractivity contribution < 1.29 is 17.7 Å². The fraction of sp³-hybridized carbons (Fsp3) is 0.778. The Balaban J connectivity index is 2.61. The molecular formula is C9H17N3O4S. The number of hydrogen-bond donors (Lipinski definition) is 1. The molecule has 0 spiro atoms. The van der Waals surface area contributed by atoms with Crippen LogP contribution in [0.15, 0.2) is 4.52 Å². The van der Waals surface area contributed by atoms with Crippen LogP contribution in [0.1, 0.15) is 11.7 Å². The van der Waals surface area contributed by atoms with Crippen LogP contribution in [0.25, 0.3) is 0 Å². The Morgan fingerprint density at radius 1 is 1.53 bits per heavy atom.